The van der Waals surface area contributed by atoms with Crippen molar-refractivity contribution in [3.8, 4) is 0 Å². The largest absolute Gasteiger partial charge is 0.395 e. The van der Waals surface area contributed by atoms with E-state index in [1.54, 1.807) is 0 Å². The van der Waals surface area contributed by atoms with Crippen LogP contribution < -0.4 is 10.2 Å². The van der Waals surface area contributed by atoms with E-state index in [1.807, 2.05) is 18.2 Å². The lowest BCUT2D eigenvalue weighted by Crippen LogP contribution is -2.52. The van der Waals surface area contributed by atoms with Gasteiger partial charge in [0.25, 0.3) is 0 Å². The molecule has 0 spiro atoms. The van der Waals surface area contributed by atoms with E-state index in [1.165, 1.54) is 5.69 Å². The number of para-hydroxylation sites is 1. The van der Waals surface area contributed by atoms with Gasteiger partial charge in [-0.1, -0.05) is 18.2 Å². The Morgan fingerprint density at radius 2 is 2.14 bits per heavy atom. The molecule has 0 radical (unpaired) electrons. The Labute approximate surface area is 84.4 Å². The summed E-state index contributed by atoms with van der Waals surface area (Å²) in [6.07, 6.45) is 0. The molecule has 2 rings (SSSR count). The predicted molar refractivity (Wildman–Crippen MR) is 57.5 cm³/mol. The van der Waals surface area contributed by atoms with Gasteiger partial charge in [0, 0.05) is 31.4 Å². The molecule has 14 heavy (non-hydrogen) atoms. The second-order valence-electron chi connectivity index (χ2n) is 3.62. The lowest BCUT2D eigenvalue weighted by molar-refractivity contribution is 0.235. The standard InChI is InChI=1S/C11H16N2O/c14-9-10-8-13(7-6-12-10)11-4-2-1-3-5-11/h1-5,10,12,14H,6-9H2. The van der Waals surface area contributed by atoms with Crippen LogP contribution in [0.2, 0.25) is 0 Å². The van der Waals surface area contributed by atoms with E-state index in [0.717, 1.165) is 19.6 Å². The van der Waals surface area contributed by atoms with E-state index in [2.05, 4.69) is 22.3 Å². The molecule has 1 heterocycles. The van der Waals surface area contributed by atoms with Gasteiger partial charge in [-0.2, -0.15) is 0 Å². The molecule has 0 bridgehead atoms. The van der Waals surface area contributed by atoms with Gasteiger partial charge < -0.3 is 15.3 Å². The Bertz CT molecular complexity index is 276. The maximum atomic E-state index is 9.07. The van der Waals surface area contributed by atoms with E-state index in [-0.39, 0.29) is 12.6 Å². The van der Waals surface area contributed by atoms with Gasteiger partial charge in [-0.15, -0.1) is 0 Å². The fourth-order valence-corrected chi connectivity index (χ4v) is 1.82. The lowest BCUT2D eigenvalue weighted by Gasteiger charge is -2.34. The topological polar surface area (TPSA) is 35.5 Å². The van der Waals surface area contributed by atoms with E-state index in [4.69, 9.17) is 5.11 Å². The number of hydrogen-bond donors (Lipinski definition) is 2. The summed E-state index contributed by atoms with van der Waals surface area (Å²) >= 11 is 0. The monoisotopic (exact) mass is 192 g/mol. The van der Waals surface area contributed by atoms with Crippen molar-refractivity contribution in [3.05, 3.63) is 30.3 Å². The first-order valence-corrected chi connectivity index (χ1v) is 5.04. The normalized spacial score (nSPS) is 22.4. The van der Waals surface area contributed by atoms with Crippen LogP contribution in [0.25, 0.3) is 0 Å². The van der Waals surface area contributed by atoms with Gasteiger partial charge in [-0.05, 0) is 12.1 Å². The van der Waals surface area contributed by atoms with Gasteiger partial charge >= 0.3 is 0 Å². The molecule has 3 nitrogen and oxygen atoms in total. The van der Waals surface area contributed by atoms with Gasteiger partial charge in [0.1, 0.15) is 0 Å². The molecule has 0 aliphatic carbocycles. The molecule has 1 aromatic carbocycles. The zero-order valence-electron chi connectivity index (χ0n) is 8.19. The first-order valence-electron chi connectivity index (χ1n) is 5.04. The summed E-state index contributed by atoms with van der Waals surface area (Å²) in [5, 5.41) is 12.3. The van der Waals surface area contributed by atoms with Gasteiger partial charge in [0.15, 0.2) is 0 Å². The minimum atomic E-state index is 0.212. The third-order valence-electron chi connectivity index (χ3n) is 2.60. The lowest BCUT2D eigenvalue weighted by atomic mass is 10.2. The molecular formula is C11H16N2O. The quantitative estimate of drug-likeness (QED) is 0.714. The van der Waals surface area contributed by atoms with Crippen molar-refractivity contribution in [1.82, 2.24) is 5.32 Å². The first kappa shape index (κ1) is 9.49. The molecule has 1 fully saturated rings. The summed E-state index contributed by atoms with van der Waals surface area (Å²) in [7, 11) is 0. The summed E-state index contributed by atoms with van der Waals surface area (Å²) in [4.78, 5) is 2.30. The van der Waals surface area contributed by atoms with Gasteiger partial charge in [-0.25, -0.2) is 0 Å². The Balaban J connectivity index is 2.04. The number of aliphatic hydroxyl groups excluding tert-OH is 1. The van der Waals surface area contributed by atoms with Crippen LogP contribution in [0.5, 0.6) is 0 Å². The van der Waals surface area contributed by atoms with Crippen LogP contribution in [0, 0.1) is 0 Å². The average molecular weight is 192 g/mol. The van der Waals surface area contributed by atoms with Crippen molar-refractivity contribution in [3.63, 3.8) is 0 Å². The van der Waals surface area contributed by atoms with Crippen LogP contribution in [0.4, 0.5) is 5.69 Å². The third kappa shape index (κ3) is 2.05. The van der Waals surface area contributed by atoms with Crippen LogP contribution >= 0.6 is 0 Å². The highest BCUT2D eigenvalue weighted by molar-refractivity contribution is 5.46. The summed E-state index contributed by atoms with van der Waals surface area (Å²) in [6, 6.07) is 10.6. The van der Waals surface area contributed by atoms with Crippen molar-refractivity contribution in [2.24, 2.45) is 0 Å². The van der Waals surface area contributed by atoms with Crippen molar-refractivity contribution in [1.29, 1.82) is 0 Å². The molecule has 3 heteroatoms. The van der Waals surface area contributed by atoms with Crippen molar-refractivity contribution >= 4 is 5.69 Å². The molecule has 1 unspecified atom stereocenters. The predicted octanol–water partition coefficient (Wildman–Crippen LogP) is 0.457. The summed E-state index contributed by atoms with van der Waals surface area (Å²) in [5.74, 6) is 0. The Morgan fingerprint density at radius 3 is 2.86 bits per heavy atom. The number of piperazine rings is 1. The van der Waals surface area contributed by atoms with Crippen LogP contribution in [0.3, 0.4) is 0 Å². The van der Waals surface area contributed by atoms with E-state index < -0.39 is 0 Å². The SMILES string of the molecule is OCC1CN(c2ccccc2)CCN1. The number of benzene rings is 1. The Hall–Kier alpha value is -1.06. The highest BCUT2D eigenvalue weighted by atomic mass is 16.3. The molecule has 1 aromatic rings. The second kappa shape index (κ2) is 4.44. The maximum absolute atomic E-state index is 9.07. The van der Waals surface area contributed by atoms with E-state index in [9.17, 15) is 0 Å². The number of rotatable bonds is 2. The Morgan fingerprint density at radius 1 is 1.36 bits per heavy atom. The highest BCUT2D eigenvalue weighted by Crippen LogP contribution is 2.14. The fourth-order valence-electron chi connectivity index (χ4n) is 1.82. The summed E-state index contributed by atoms with van der Waals surface area (Å²) in [6.45, 7) is 3.06. The zero-order chi connectivity index (χ0) is 9.80. The molecular weight excluding hydrogens is 176 g/mol. The van der Waals surface area contributed by atoms with Crippen LogP contribution in [0.15, 0.2) is 30.3 Å². The van der Waals surface area contributed by atoms with Gasteiger partial charge in [-0.3, -0.25) is 0 Å². The number of hydrogen-bond acceptors (Lipinski definition) is 3. The van der Waals surface area contributed by atoms with Crippen LogP contribution in [-0.2, 0) is 0 Å². The average Bonchev–Trinajstić information content (AvgIpc) is 2.30. The third-order valence-corrected chi connectivity index (χ3v) is 2.60. The molecule has 0 amide bonds. The zero-order valence-corrected chi connectivity index (χ0v) is 8.19. The molecule has 1 aliphatic heterocycles. The highest BCUT2D eigenvalue weighted by Gasteiger charge is 2.17. The molecule has 0 saturated carbocycles. The molecule has 0 aromatic heterocycles. The molecule has 1 aliphatic rings. The fraction of sp³-hybridized carbons (Fsp3) is 0.455. The molecule has 1 saturated heterocycles. The van der Waals surface area contributed by atoms with E-state index in [0.29, 0.717) is 0 Å². The number of anilines is 1. The second-order valence-corrected chi connectivity index (χ2v) is 3.62. The van der Waals surface area contributed by atoms with Crippen LogP contribution in [0.1, 0.15) is 0 Å². The number of nitrogens with zero attached hydrogens (tertiary/aromatic N) is 1. The molecule has 76 valence electrons. The molecule has 2 N–H and O–H groups in total. The van der Waals surface area contributed by atoms with Crippen molar-refractivity contribution < 1.29 is 5.11 Å². The van der Waals surface area contributed by atoms with Crippen LogP contribution in [-0.4, -0.2) is 37.4 Å². The van der Waals surface area contributed by atoms with Gasteiger partial charge in [0.05, 0.1) is 6.61 Å². The number of aliphatic hydroxyl groups is 1. The van der Waals surface area contributed by atoms with E-state index >= 15 is 0 Å². The summed E-state index contributed by atoms with van der Waals surface area (Å²) in [5.41, 5.74) is 1.24. The van der Waals surface area contributed by atoms with Crippen molar-refractivity contribution in [2.45, 2.75) is 6.04 Å². The number of nitrogens with one attached hydrogen (secondary N) is 1. The minimum absolute atomic E-state index is 0.212. The Kier molecular flexibility index (Phi) is 3.01. The first-order chi connectivity index (χ1) is 6.90. The summed E-state index contributed by atoms with van der Waals surface area (Å²) < 4.78 is 0. The van der Waals surface area contributed by atoms with Crippen molar-refractivity contribution in [2.75, 3.05) is 31.1 Å². The van der Waals surface area contributed by atoms with Gasteiger partial charge in [0.2, 0.25) is 0 Å². The smallest absolute Gasteiger partial charge is 0.0601 e. The maximum Gasteiger partial charge on any atom is 0.0601 e. The molecule has 1 atom stereocenters. The minimum Gasteiger partial charge on any atom is -0.395 e.